The van der Waals surface area contributed by atoms with E-state index in [1.54, 1.807) is 12.1 Å². The van der Waals surface area contributed by atoms with E-state index in [0.29, 0.717) is 17.3 Å². The molecule has 3 aromatic rings. The number of amides is 1. The molecule has 0 aliphatic heterocycles. The third-order valence-electron chi connectivity index (χ3n) is 3.31. The second kappa shape index (κ2) is 6.67. The van der Waals surface area contributed by atoms with Crippen LogP contribution in [0, 0.1) is 5.82 Å². The third-order valence-corrected chi connectivity index (χ3v) is 3.55. The predicted octanol–water partition coefficient (Wildman–Crippen LogP) is 2.95. The SMILES string of the molecule is Nc1c(C(=O)Nc2ccc(F)cc2)nnn1Cc1cccc(Cl)c1. The molecule has 1 heterocycles. The number of halogens is 2. The van der Waals surface area contributed by atoms with Crippen LogP contribution in [-0.4, -0.2) is 20.9 Å². The van der Waals surface area contributed by atoms with Crippen LogP contribution < -0.4 is 11.1 Å². The van der Waals surface area contributed by atoms with E-state index in [1.807, 2.05) is 12.1 Å². The van der Waals surface area contributed by atoms with Gasteiger partial charge in [0.15, 0.2) is 11.5 Å². The lowest BCUT2D eigenvalue weighted by atomic mass is 10.2. The maximum absolute atomic E-state index is 12.9. The van der Waals surface area contributed by atoms with Crippen LogP contribution in [0.1, 0.15) is 16.1 Å². The molecule has 6 nitrogen and oxygen atoms in total. The van der Waals surface area contributed by atoms with Crippen molar-refractivity contribution in [2.24, 2.45) is 0 Å². The first-order chi connectivity index (χ1) is 11.5. The zero-order valence-corrected chi connectivity index (χ0v) is 13.2. The summed E-state index contributed by atoms with van der Waals surface area (Å²) in [7, 11) is 0. The molecule has 0 aliphatic rings. The van der Waals surface area contributed by atoms with Gasteiger partial charge < -0.3 is 11.1 Å². The fourth-order valence-electron chi connectivity index (χ4n) is 2.13. The molecule has 122 valence electrons. The Hall–Kier alpha value is -2.93. The van der Waals surface area contributed by atoms with Gasteiger partial charge in [-0.1, -0.05) is 28.9 Å². The third kappa shape index (κ3) is 3.52. The minimum atomic E-state index is -0.517. The van der Waals surface area contributed by atoms with Crippen LogP contribution in [0.2, 0.25) is 5.02 Å². The Morgan fingerprint density at radius 3 is 2.71 bits per heavy atom. The lowest BCUT2D eigenvalue weighted by molar-refractivity contribution is 0.102. The Kier molecular flexibility index (Phi) is 4.43. The summed E-state index contributed by atoms with van der Waals surface area (Å²) in [4.78, 5) is 12.2. The Morgan fingerprint density at radius 1 is 1.25 bits per heavy atom. The Morgan fingerprint density at radius 2 is 2.00 bits per heavy atom. The van der Waals surface area contributed by atoms with Crippen molar-refractivity contribution in [3.8, 4) is 0 Å². The summed E-state index contributed by atoms with van der Waals surface area (Å²) in [5.74, 6) is -0.772. The molecule has 0 bridgehead atoms. The van der Waals surface area contributed by atoms with Crippen LogP contribution in [0.4, 0.5) is 15.9 Å². The van der Waals surface area contributed by atoms with E-state index in [4.69, 9.17) is 17.3 Å². The van der Waals surface area contributed by atoms with Crippen LogP contribution >= 0.6 is 11.6 Å². The van der Waals surface area contributed by atoms with Crippen LogP contribution in [-0.2, 0) is 6.54 Å². The van der Waals surface area contributed by atoms with Gasteiger partial charge >= 0.3 is 0 Å². The van der Waals surface area contributed by atoms with Gasteiger partial charge in [-0.25, -0.2) is 9.07 Å². The van der Waals surface area contributed by atoms with Gasteiger partial charge in [-0.3, -0.25) is 4.79 Å². The molecule has 3 N–H and O–H groups in total. The Labute approximate surface area is 142 Å². The highest BCUT2D eigenvalue weighted by Gasteiger charge is 2.17. The van der Waals surface area contributed by atoms with Crippen molar-refractivity contribution >= 4 is 29.0 Å². The number of nitrogen functional groups attached to an aromatic ring is 1. The number of aromatic nitrogens is 3. The minimum absolute atomic E-state index is 0.00125. The molecule has 1 aromatic heterocycles. The van der Waals surface area contributed by atoms with Crippen LogP contribution in [0.15, 0.2) is 48.5 Å². The highest BCUT2D eigenvalue weighted by Crippen LogP contribution is 2.16. The fourth-order valence-corrected chi connectivity index (χ4v) is 2.34. The first-order valence-electron chi connectivity index (χ1n) is 7.03. The van der Waals surface area contributed by atoms with E-state index in [-0.39, 0.29) is 17.3 Å². The average Bonchev–Trinajstić information content (AvgIpc) is 2.91. The van der Waals surface area contributed by atoms with E-state index < -0.39 is 5.91 Å². The first kappa shape index (κ1) is 15.9. The van der Waals surface area contributed by atoms with Crippen molar-refractivity contribution in [3.63, 3.8) is 0 Å². The van der Waals surface area contributed by atoms with Gasteiger partial charge in [0.1, 0.15) is 5.82 Å². The number of anilines is 2. The Bertz CT molecular complexity index is 878. The van der Waals surface area contributed by atoms with Gasteiger partial charge in [0.2, 0.25) is 0 Å². The first-order valence-corrected chi connectivity index (χ1v) is 7.41. The molecular formula is C16H13ClFN5O. The summed E-state index contributed by atoms with van der Waals surface area (Å²) in [6.07, 6.45) is 0. The smallest absolute Gasteiger partial charge is 0.280 e. The van der Waals surface area contributed by atoms with Crippen molar-refractivity contribution in [1.29, 1.82) is 0 Å². The largest absolute Gasteiger partial charge is 0.382 e. The van der Waals surface area contributed by atoms with Crippen molar-refractivity contribution in [2.45, 2.75) is 6.54 Å². The van der Waals surface area contributed by atoms with Crippen molar-refractivity contribution in [1.82, 2.24) is 15.0 Å². The van der Waals surface area contributed by atoms with Crippen LogP contribution in [0.3, 0.4) is 0 Å². The molecule has 0 spiro atoms. The summed E-state index contributed by atoms with van der Waals surface area (Å²) in [5.41, 5.74) is 7.27. The van der Waals surface area contributed by atoms with Gasteiger partial charge in [0, 0.05) is 10.7 Å². The number of nitrogens with zero attached hydrogens (tertiary/aromatic N) is 3. The standard InChI is InChI=1S/C16H13ClFN5O/c17-11-3-1-2-10(8-11)9-23-15(19)14(21-22-23)16(24)20-13-6-4-12(18)5-7-13/h1-8H,9,19H2,(H,20,24). The van der Waals surface area contributed by atoms with E-state index in [9.17, 15) is 9.18 Å². The molecule has 0 aliphatic carbocycles. The number of rotatable bonds is 4. The van der Waals surface area contributed by atoms with E-state index >= 15 is 0 Å². The molecule has 8 heteroatoms. The summed E-state index contributed by atoms with van der Waals surface area (Å²) >= 11 is 5.94. The molecule has 0 radical (unpaired) electrons. The molecule has 0 atom stereocenters. The molecule has 3 rings (SSSR count). The van der Waals surface area contributed by atoms with Crippen LogP contribution in [0.25, 0.3) is 0 Å². The lowest BCUT2D eigenvalue weighted by Crippen LogP contribution is -2.15. The maximum Gasteiger partial charge on any atom is 0.280 e. The normalized spacial score (nSPS) is 10.6. The lowest BCUT2D eigenvalue weighted by Gasteiger charge is -2.05. The van der Waals surface area contributed by atoms with Gasteiger partial charge in [-0.05, 0) is 42.0 Å². The average molecular weight is 346 g/mol. The van der Waals surface area contributed by atoms with Gasteiger partial charge in [-0.2, -0.15) is 0 Å². The topological polar surface area (TPSA) is 85.8 Å². The number of carbonyl (C=O) groups is 1. The van der Waals surface area contributed by atoms with Crippen molar-refractivity contribution < 1.29 is 9.18 Å². The molecule has 0 saturated carbocycles. The van der Waals surface area contributed by atoms with Gasteiger partial charge in [0.25, 0.3) is 5.91 Å². The highest BCUT2D eigenvalue weighted by atomic mass is 35.5. The van der Waals surface area contributed by atoms with Gasteiger partial charge in [0.05, 0.1) is 6.54 Å². The number of nitrogens with two attached hydrogens (primary N) is 1. The fraction of sp³-hybridized carbons (Fsp3) is 0.0625. The second-order valence-electron chi connectivity index (χ2n) is 5.07. The highest BCUT2D eigenvalue weighted by molar-refractivity contribution is 6.30. The second-order valence-corrected chi connectivity index (χ2v) is 5.51. The minimum Gasteiger partial charge on any atom is -0.382 e. The number of hydrogen-bond acceptors (Lipinski definition) is 4. The number of benzene rings is 2. The van der Waals surface area contributed by atoms with E-state index in [1.165, 1.54) is 28.9 Å². The number of nitrogens with one attached hydrogen (secondary N) is 1. The summed E-state index contributed by atoms with van der Waals surface area (Å²) < 4.78 is 14.3. The molecule has 0 unspecified atom stereocenters. The zero-order chi connectivity index (χ0) is 17.1. The zero-order valence-electron chi connectivity index (χ0n) is 12.4. The molecule has 2 aromatic carbocycles. The molecule has 0 saturated heterocycles. The summed E-state index contributed by atoms with van der Waals surface area (Å²) in [6, 6.07) is 12.6. The summed E-state index contributed by atoms with van der Waals surface area (Å²) in [5, 5.41) is 10.9. The Balaban J connectivity index is 1.76. The number of carbonyl (C=O) groups excluding carboxylic acids is 1. The van der Waals surface area contributed by atoms with Crippen molar-refractivity contribution in [3.05, 3.63) is 70.6 Å². The molecule has 0 fully saturated rings. The maximum atomic E-state index is 12.9. The number of hydrogen-bond donors (Lipinski definition) is 2. The monoisotopic (exact) mass is 345 g/mol. The van der Waals surface area contributed by atoms with Crippen LogP contribution in [0.5, 0.6) is 0 Å². The predicted molar refractivity (Wildman–Crippen MR) is 89.3 cm³/mol. The van der Waals surface area contributed by atoms with Crippen molar-refractivity contribution in [2.75, 3.05) is 11.1 Å². The quantitative estimate of drug-likeness (QED) is 0.761. The van der Waals surface area contributed by atoms with E-state index in [0.717, 1.165) is 5.56 Å². The summed E-state index contributed by atoms with van der Waals surface area (Å²) in [6.45, 7) is 0.337. The molecule has 1 amide bonds. The van der Waals surface area contributed by atoms with E-state index in [2.05, 4.69) is 15.6 Å². The van der Waals surface area contributed by atoms with Gasteiger partial charge in [-0.15, -0.1) is 5.10 Å². The molecule has 24 heavy (non-hydrogen) atoms. The molecular weight excluding hydrogens is 333 g/mol.